The minimum absolute atomic E-state index is 0.0928. The summed E-state index contributed by atoms with van der Waals surface area (Å²) in [6.07, 6.45) is 9.61. The van der Waals surface area contributed by atoms with Crippen molar-refractivity contribution in [1.82, 2.24) is 24.3 Å². The zero-order valence-corrected chi connectivity index (χ0v) is 17.2. The SMILES string of the molecule is O=C(Cn1ccnc1)N1CCC2(CC1)CC(O)CN(Cc1cccc3[nH]ccc13)C2. The van der Waals surface area contributed by atoms with E-state index < -0.39 is 0 Å². The van der Waals surface area contributed by atoms with Gasteiger partial charge in [0, 0.05) is 62.2 Å². The molecule has 1 atom stereocenters. The van der Waals surface area contributed by atoms with Gasteiger partial charge in [-0.2, -0.15) is 0 Å². The van der Waals surface area contributed by atoms with Gasteiger partial charge in [-0.05, 0) is 42.4 Å². The number of hydrogen-bond donors (Lipinski definition) is 2. The minimum Gasteiger partial charge on any atom is -0.392 e. The van der Waals surface area contributed by atoms with Crippen LogP contribution in [0.3, 0.4) is 0 Å². The van der Waals surface area contributed by atoms with Crippen molar-refractivity contribution in [2.75, 3.05) is 26.2 Å². The molecule has 2 aromatic heterocycles. The lowest BCUT2D eigenvalue weighted by molar-refractivity contribution is -0.135. The number of piperidine rings is 2. The van der Waals surface area contributed by atoms with Gasteiger partial charge in [0.15, 0.2) is 0 Å². The highest BCUT2D eigenvalue weighted by molar-refractivity contribution is 5.82. The molecule has 7 heteroatoms. The van der Waals surface area contributed by atoms with Crippen molar-refractivity contribution < 1.29 is 9.90 Å². The number of aliphatic hydroxyl groups excluding tert-OH is 1. The molecule has 2 fully saturated rings. The summed E-state index contributed by atoms with van der Waals surface area (Å²) in [5, 5.41) is 11.9. The second-order valence-electron chi connectivity index (χ2n) is 9.00. The Kier molecular flexibility index (Phi) is 5.08. The van der Waals surface area contributed by atoms with Gasteiger partial charge in [-0.15, -0.1) is 0 Å². The van der Waals surface area contributed by atoms with Gasteiger partial charge in [0.2, 0.25) is 5.91 Å². The van der Waals surface area contributed by atoms with Crippen LogP contribution in [0.15, 0.2) is 49.2 Å². The van der Waals surface area contributed by atoms with E-state index in [9.17, 15) is 9.90 Å². The fourth-order valence-corrected chi connectivity index (χ4v) is 5.34. The zero-order valence-electron chi connectivity index (χ0n) is 17.2. The Bertz CT molecular complexity index is 1000. The molecule has 2 saturated heterocycles. The summed E-state index contributed by atoms with van der Waals surface area (Å²) in [5.41, 5.74) is 2.55. The van der Waals surface area contributed by atoms with E-state index in [4.69, 9.17) is 0 Å². The number of aliphatic hydroxyl groups is 1. The smallest absolute Gasteiger partial charge is 0.242 e. The maximum atomic E-state index is 12.6. The van der Waals surface area contributed by atoms with Gasteiger partial charge in [-0.25, -0.2) is 4.98 Å². The number of imidazole rings is 1. The molecule has 5 rings (SSSR count). The zero-order chi connectivity index (χ0) is 20.6. The van der Waals surface area contributed by atoms with Crippen LogP contribution in [-0.4, -0.2) is 67.6 Å². The quantitative estimate of drug-likeness (QED) is 0.695. The molecule has 2 N–H and O–H groups in total. The third-order valence-electron chi connectivity index (χ3n) is 6.83. The molecular formula is C23H29N5O2. The molecule has 1 aromatic carbocycles. The number of β-amino-alcohol motifs (C(OH)–C–C–N with tert-alkyl or cyclic N) is 1. The molecule has 2 aliphatic rings. The number of likely N-dealkylation sites (tertiary alicyclic amines) is 2. The van der Waals surface area contributed by atoms with Crippen LogP contribution in [-0.2, 0) is 17.9 Å². The van der Waals surface area contributed by atoms with E-state index in [1.165, 1.54) is 10.9 Å². The Balaban J connectivity index is 1.24. The van der Waals surface area contributed by atoms with Crippen LogP contribution >= 0.6 is 0 Å². The van der Waals surface area contributed by atoms with Crippen LogP contribution in [0.5, 0.6) is 0 Å². The van der Waals surface area contributed by atoms with Crippen LogP contribution in [0, 0.1) is 5.41 Å². The molecule has 0 aliphatic carbocycles. The standard InChI is InChI=1S/C23H29N5O2/c29-19-12-23(5-9-28(10-6-23)22(30)15-26-11-8-24-17-26)16-27(14-19)13-18-2-1-3-21-20(18)4-7-25-21/h1-4,7-8,11,17,19,25,29H,5-6,9-10,12-16H2. The van der Waals surface area contributed by atoms with E-state index in [0.29, 0.717) is 13.1 Å². The average molecular weight is 408 g/mol. The summed E-state index contributed by atoms with van der Waals surface area (Å²) in [7, 11) is 0. The number of hydrogen-bond acceptors (Lipinski definition) is 4. The highest BCUT2D eigenvalue weighted by Crippen LogP contribution is 2.40. The van der Waals surface area contributed by atoms with Gasteiger partial charge in [0.1, 0.15) is 6.54 Å². The molecule has 2 aliphatic heterocycles. The van der Waals surface area contributed by atoms with Crippen molar-refractivity contribution in [1.29, 1.82) is 0 Å². The normalized spacial score (nSPS) is 22.0. The van der Waals surface area contributed by atoms with Crippen molar-refractivity contribution in [2.24, 2.45) is 5.41 Å². The first-order valence-electron chi connectivity index (χ1n) is 10.8. The Hall–Kier alpha value is -2.64. The number of nitrogens with one attached hydrogen (secondary N) is 1. The molecule has 0 bridgehead atoms. The molecule has 1 spiro atoms. The van der Waals surface area contributed by atoms with E-state index in [1.807, 2.05) is 21.9 Å². The number of fused-ring (bicyclic) bond motifs is 1. The van der Waals surface area contributed by atoms with E-state index in [1.54, 1.807) is 12.5 Å². The first kappa shape index (κ1) is 19.3. The minimum atomic E-state index is -0.308. The van der Waals surface area contributed by atoms with Crippen molar-refractivity contribution in [2.45, 2.75) is 38.5 Å². The molecule has 1 amide bonds. The predicted octanol–water partition coefficient (Wildman–Crippen LogP) is 2.24. The first-order chi connectivity index (χ1) is 14.6. The number of carbonyl (C=O) groups is 1. The Labute approximate surface area is 176 Å². The fourth-order valence-electron chi connectivity index (χ4n) is 5.34. The van der Waals surface area contributed by atoms with Gasteiger partial charge >= 0.3 is 0 Å². The molecule has 158 valence electrons. The largest absolute Gasteiger partial charge is 0.392 e. The Morgan fingerprint density at radius 2 is 2.13 bits per heavy atom. The Morgan fingerprint density at radius 3 is 2.93 bits per heavy atom. The lowest BCUT2D eigenvalue weighted by Crippen LogP contribution is -2.54. The van der Waals surface area contributed by atoms with E-state index >= 15 is 0 Å². The molecule has 3 aromatic rings. The predicted molar refractivity (Wildman–Crippen MR) is 115 cm³/mol. The summed E-state index contributed by atoms with van der Waals surface area (Å²) in [6.45, 7) is 4.42. The van der Waals surface area contributed by atoms with Crippen LogP contribution in [0.1, 0.15) is 24.8 Å². The number of aromatic nitrogens is 3. The molecule has 0 radical (unpaired) electrons. The van der Waals surface area contributed by atoms with E-state index in [0.717, 1.165) is 51.0 Å². The van der Waals surface area contributed by atoms with Crippen molar-refractivity contribution in [3.05, 3.63) is 54.7 Å². The van der Waals surface area contributed by atoms with Crippen LogP contribution in [0.25, 0.3) is 10.9 Å². The molecule has 0 saturated carbocycles. The van der Waals surface area contributed by atoms with Gasteiger partial charge in [-0.1, -0.05) is 12.1 Å². The van der Waals surface area contributed by atoms with E-state index in [2.05, 4.69) is 39.1 Å². The Morgan fingerprint density at radius 1 is 1.27 bits per heavy atom. The topological polar surface area (TPSA) is 77.4 Å². The highest BCUT2D eigenvalue weighted by atomic mass is 16.3. The second-order valence-corrected chi connectivity index (χ2v) is 9.00. The number of carbonyl (C=O) groups excluding carboxylic acids is 1. The molecule has 7 nitrogen and oxygen atoms in total. The van der Waals surface area contributed by atoms with Crippen LogP contribution < -0.4 is 0 Å². The lowest BCUT2D eigenvalue weighted by Gasteiger charge is -2.49. The monoisotopic (exact) mass is 407 g/mol. The molecular weight excluding hydrogens is 378 g/mol. The third-order valence-corrected chi connectivity index (χ3v) is 6.83. The molecule has 30 heavy (non-hydrogen) atoms. The maximum absolute atomic E-state index is 12.6. The fraction of sp³-hybridized carbons (Fsp3) is 0.478. The summed E-state index contributed by atoms with van der Waals surface area (Å²) in [5.74, 6) is 0.148. The second kappa shape index (κ2) is 7.89. The van der Waals surface area contributed by atoms with Crippen molar-refractivity contribution >= 4 is 16.8 Å². The number of aromatic amines is 1. The molecule has 4 heterocycles. The first-order valence-corrected chi connectivity index (χ1v) is 10.8. The summed E-state index contributed by atoms with van der Waals surface area (Å²) >= 11 is 0. The van der Waals surface area contributed by atoms with Gasteiger partial charge < -0.3 is 19.6 Å². The lowest BCUT2D eigenvalue weighted by atomic mass is 9.71. The third kappa shape index (κ3) is 3.87. The van der Waals surface area contributed by atoms with Crippen LogP contribution in [0.4, 0.5) is 0 Å². The number of benzene rings is 1. The van der Waals surface area contributed by atoms with Crippen molar-refractivity contribution in [3.63, 3.8) is 0 Å². The molecule has 1 unspecified atom stereocenters. The van der Waals surface area contributed by atoms with Gasteiger partial charge in [0.25, 0.3) is 0 Å². The number of H-pyrrole nitrogens is 1. The van der Waals surface area contributed by atoms with Crippen LogP contribution in [0.2, 0.25) is 0 Å². The number of nitrogens with zero attached hydrogens (tertiary/aromatic N) is 4. The number of rotatable bonds is 4. The summed E-state index contributed by atoms with van der Waals surface area (Å²) in [4.78, 5) is 24.3. The van der Waals surface area contributed by atoms with E-state index in [-0.39, 0.29) is 17.4 Å². The number of amides is 1. The summed E-state index contributed by atoms with van der Waals surface area (Å²) in [6, 6.07) is 8.50. The maximum Gasteiger partial charge on any atom is 0.242 e. The van der Waals surface area contributed by atoms with Gasteiger partial charge in [0.05, 0.1) is 12.4 Å². The average Bonchev–Trinajstić information content (AvgIpc) is 3.40. The van der Waals surface area contributed by atoms with Gasteiger partial charge in [-0.3, -0.25) is 9.69 Å². The highest BCUT2D eigenvalue weighted by Gasteiger charge is 2.42. The van der Waals surface area contributed by atoms with Crippen molar-refractivity contribution in [3.8, 4) is 0 Å². The summed E-state index contributed by atoms with van der Waals surface area (Å²) < 4.78 is 1.82.